The Morgan fingerprint density at radius 3 is 2.88 bits per heavy atom. The highest BCUT2D eigenvalue weighted by molar-refractivity contribution is 7.09. The molecule has 0 bridgehead atoms. The van der Waals surface area contributed by atoms with Crippen molar-refractivity contribution in [3.63, 3.8) is 0 Å². The Hall–Kier alpha value is -0.610. The van der Waals surface area contributed by atoms with Gasteiger partial charge in [0.05, 0.1) is 21.7 Å². The molecule has 1 unspecified atom stereocenters. The molecule has 0 aliphatic rings. The molecule has 0 spiro atoms. The molecule has 0 aliphatic carbocycles. The van der Waals surface area contributed by atoms with Gasteiger partial charge in [-0.15, -0.1) is 11.3 Å². The van der Waals surface area contributed by atoms with Crippen molar-refractivity contribution in [1.29, 1.82) is 0 Å². The molecule has 1 N–H and O–H groups in total. The van der Waals surface area contributed by atoms with E-state index in [1.165, 1.54) is 11.3 Å². The van der Waals surface area contributed by atoms with Crippen LogP contribution in [0, 0.1) is 0 Å². The van der Waals surface area contributed by atoms with Crippen LogP contribution in [0.3, 0.4) is 0 Å². The van der Waals surface area contributed by atoms with Crippen LogP contribution in [0.5, 0.6) is 0 Å². The van der Waals surface area contributed by atoms with Gasteiger partial charge in [-0.25, -0.2) is 0 Å². The molecule has 16 heavy (non-hydrogen) atoms. The van der Waals surface area contributed by atoms with E-state index in [1.54, 1.807) is 29.9 Å². The summed E-state index contributed by atoms with van der Waals surface area (Å²) >= 11 is 13.4. The van der Waals surface area contributed by atoms with E-state index in [-0.39, 0.29) is 0 Å². The molecule has 84 valence electrons. The number of aliphatic hydroxyl groups excluding tert-OH is 1. The second-order valence-corrected chi connectivity index (χ2v) is 5.09. The van der Waals surface area contributed by atoms with Gasteiger partial charge < -0.3 is 5.11 Å². The fraction of sp³-hybridized carbons (Fsp3) is 0.182. The van der Waals surface area contributed by atoms with Crippen molar-refractivity contribution in [3.05, 3.63) is 50.4 Å². The average molecular weight is 274 g/mol. The zero-order valence-electron chi connectivity index (χ0n) is 8.23. The summed E-state index contributed by atoms with van der Waals surface area (Å²) < 4.78 is 0. The molecular weight excluding hydrogens is 265 g/mol. The summed E-state index contributed by atoms with van der Waals surface area (Å²) in [6, 6.07) is 5.26. The predicted molar refractivity (Wildman–Crippen MR) is 67.2 cm³/mol. The van der Waals surface area contributed by atoms with Gasteiger partial charge in [-0.05, 0) is 6.07 Å². The first-order valence-electron chi connectivity index (χ1n) is 4.68. The van der Waals surface area contributed by atoms with E-state index < -0.39 is 6.10 Å². The molecule has 2 aromatic rings. The number of hydrogen-bond donors (Lipinski definition) is 1. The highest BCUT2D eigenvalue weighted by Gasteiger charge is 2.14. The highest BCUT2D eigenvalue weighted by Crippen LogP contribution is 2.31. The van der Waals surface area contributed by atoms with Gasteiger partial charge in [-0.1, -0.05) is 35.3 Å². The van der Waals surface area contributed by atoms with Crippen LogP contribution in [0.1, 0.15) is 16.5 Å². The van der Waals surface area contributed by atoms with Crippen molar-refractivity contribution >= 4 is 34.5 Å². The van der Waals surface area contributed by atoms with E-state index >= 15 is 0 Å². The van der Waals surface area contributed by atoms with E-state index in [0.29, 0.717) is 22.0 Å². The Labute approximate surface area is 107 Å². The Morgan fingerprint density at radius 2 is 2.19 bits per heavy atom. The number of benzene rings is 1. The second-order valence-electron chi connectivity index (χ2n) is 3.33. The number of halogens is 2. The summed E-state index contributed by atoms with van der Waals surface area (Å²) in [6.07, 6.45) is 1.60. The van der Waals surface area contributed by atoms with Gasteiger partial charge in [0.15, 0.2) is 0 Å². The molecule has 0 aliphatic heterocycles. The minimum absolute atomic E-state index is 0.418. The van der Waals surface area contributed by atoms with E-state index in [4.69, 9.17) is 23.2 Å². The van der Waals surface area contributed by atoms with Crippen LogP contribution in [0.25, 0.3) is 0 Å². The maximum atomic E-state index is 10.0. The number of rotatable bonds is 3. The van der Waals surface area contributed by atoms with Crippen molar-refractivity contribution in [1.82, 2.24) is 4.98 Å². The fourth-order valence-electron chi connectivity index (χ4n) is 1.42. The lowest BCUT2D eigenvalue weighted by Gasteiger charge is -2.12. The second kappa shape index (κ2) is 5.15. The van der Waals surface area contributed by atoms with Crippen LogP contribution in [0.15, 0.2) is 29.9 Å². The van der Waals surface area contributed by atoms with Crippen molar-refractivity contribution < 1.29 is 5.11 Å². The minimum Gasteiger partial charge on any atom is -0.388 e. The standard InChI is InChI=1S/C11H9Cl2NOS/c12-9-3-1-2-8(11(9)13)10(15)4-7-5-14-6-16-7/h1-3,5-6,10,15H,4H2. The fourth-order valence-corrected chi connectivity index (χ4v) is 2.49. The number of thiazole rings is 1. The highest BCUT2D eigenvalue weighted by atomic mass is 35.5. The molecule has 5 heteroatoms. The summed E-state index contributed by atoms with van der Waals surface area (Å²) in [5.41, 5.74) is 2.39. The van der Waals surface area contributed by atoms with Gasteiger partial charge in [0.1, 0.15) is 0 Å². The molecule has 1 atom stereocenters. The lowest BCUT2D eigenvalue weighted by atomic mass is 10.1. The van der Waals surface area contributed by atoms with Gasteiger partial charge in [-0.3, -0.25) is 4.98 Å². The van der Waals surface area contributed by atoms with Gasteiger partial charge in [0.25, 0.3) is 0 Å². The van der Waals surface area contributed by atoms with E-state index in [9.17, 15) is 5.11 Å². The Morgan fingerprint density at radius 1 is 1.38 bits per heavy atom. The molecule has 0 saturated carbocycles. The number of nitrogens with zero attached hydrogens (tertiary/aromatic N) is 1. The summed E-state index contributed by atoms with van der Waals surface area (Å²) in [7, 11) is 0. The maximum Gasteiger partial charge on any atom is 0.0853 e. The quantitative estimate of drug-likeness (QED) is 0.925. The molecule has 0 fully saturated rings. The Kier molecular flexibility index (Phi) is 3.82. The SMILES string of the molecule is OC(Cc1cncs1)c1cccc(Cl)c1Cl. The third-order valence-corrected chi connectivity index (χ3v) is 3.85. The van der Waals surface area contributed by atoms with Gasteiger partial charge in [0, 0.05) is 23.1 Å². The summed E-state index contributed by atoms with van der Waals surface area (Å²) in [5, 5.41) is 10.9. The van der Waals surface area contributed by atoms with Crippen molar-refractivity contribution in [3.8, 4) is 0 Å². The largest absolute Gasteiger partial charge is 0.388 e. The third kappa shape index (κ3) is 2.55. The van der Waals surface area contributed by atoms with Crippen LogP contribution in [-0.2, 0) is 6.42 Å². The molecule has 0 saturated heterocycles. The zero-order chi connectivity index (χ0) is 11.5. The first kappa shape index (κ1) is 11.9. The van der Waals surface area contributed by atoms with Crippen molar-refractivity contribution in [2.45, 2.75) is 12.5 Å². The van der Waals surface area contributed by atoms with E-state index in [0.717, 1.165) is 4.88 Å². The molecule has 1 aromatic heterocycles. The normalized spacial score (nSPS) is 12.7. The molecule has 0 amide bonds. The molecule has 1 heterocycles. The summed E-state index contributed by atoms with van der Waals surface area (Å²) in [6.45, 7) is 0. The van der Waals surface area contributed by atoms with Crippen LogP contribution < -0.4 is 0 Å². The predicted octanol–water partition coefficient (Wildman–Crippen LogP) is 3.73. The molecule has 2 nitrogen and oxygen atoms in total. The molecular formula is C11H9Cl2NOS. The number of aliphatic hydroxyl groups is 1. The van der Waals surface area contributed by atoms with Crippen LogP contribution in [0.2, 0.25) is 10.0 Å². The lowest BCUT2D eigenvalue weighted by molar-refractivity contribution is 0.179. The minimum atomic E-state index is -0.647. The summed E-state index contributed by atoms with van der Waals surface area (Å²) in [5.74, 6) is 0. The van der Waals surface area contributed by atoms with Gasteiger partial charge >= 0.3 is 0 Å². The first-order valence-corrected chi connectivity index (χ1v) is 6.31. The van der Waals surface area contributed by atoms with Crippen molar-refractivity contribution in [2.75, 3.05) is 0 Å². The maximum absolute atomic E-state index is 10.0. The Balaban J connectivity index is 2.21. The van der Waals surface area contributed by atoms with Crippen LogP contribution >= 0.6 is 34.5 Å². The molecule has 2 rings (SSSR count). The van der Waals surface area contributed by atoms with Gasteiger partial charge in [0.2, 0.25) is 0 Å². The van der Waals surface area contributed by atoms with Crippen molar-refractivity contribution in [2.24, 2.45) is 0 Å². The third-order valence-electron chi connectivity index (χ3n) is 2.22. The first-order chi connectivity index (χ1) is 7.68. The van der Waals surface area contributed by atoms with Crippen LogP contribution in [-0.4, -0.2) is 10.1 Å². The van der Waals surface area contributed by atoms with E-state index in [1.807, 2.05) is 0 Å². The van der Waals surface area contributed by atoms with Crippen LogP contribution in [0.4, 0.5) is 0 Å². The Bertz CT molecular complexity index is 473. The summed E-state index contributed by atoms with van der Waals surface area (Å²) in [4.78, 5) is 4.97. The molecule has 1 aromatic carbocycles. The lowest BCUT2D eigenvalue weighted by Crippen LogP contribution is -2.01. The monoisotopic (exact) mass is 273 g/mol. The zero-order valence-corrected chi connectivity index (χ0v) is 10.6. The smallest absolute Gasteiger partial charge is 0.0853 e. The number of aromatic nitrogens is 1. The van der Waals surface area contributed by atoms with Gasteiger partial charge in [-0.2, -0.15) is 0 Å². The van der Waals surface area contributed by atoms with E-state index in [2.05, 4.69) is 4.98 Å². The number of hydrogen-bond acceptors (Lipinski definition) is 3. The molecule has 0 radical (unpaired) electrons. The average Bonchev–Trinajstić information content (AvgIpc) is 2.74. The topological polar surface area (TPSA) is 33.1 Å².